The van der Waals surface area contributed by atoms with Crippen molar-refractivity contribution in [3.05, 3.63) is 35.4 Å². The molecule has 0 amide bonds. The van der Waals surface area contributed by atoms with Gasteiger partial charge in [-0.3, -0.25) is 14.7 Å². The zero-order chi connectivity index (χ0) is 17.3. The largest absolute Gasteiger partial charge is 0.379 e. The molecule has 0 saturated carbocycles. The molecule has 0 atom stereocenters. The maximum atomic E-state index is 5.52. The first-order chi connectivity index (χ1) is 12.1. The Morgan fingerprint density at radius 1 is 0.920 bits per heavy atom. The van der Waals surface area contributed by atoms with Gasteiger partial charge in [0.05, 0.1) is 13.2 Å². The first kappa shape index (κ1) is 17.5. The van der Waals surface area contributed by atoms with Crippen molar-refractivity contribution in [2.24, 2.45) is 0 Å². The van der Waals surface area contributed by atoms with Gasteiger partial charge in [0.1, 0.15) is 0 Å². The molecule has 2 aliphatic heterocycles. The van der Waals surface area contributed by atoms with Gasteiger partial charge in [0, 0.05) is 57.4 Å². The van der Waals surface area contributed by atoms with Gasteiger partial charge < -0.3 is 4.74 Å². The highest BCUT2D eigenvalue weighted by atomic mass is 16.5. The fourth-order valence-electron chi connectivity index (χ4n) is 4.90. The monoisotopic (exact) mass is 343 g/mol. The summed E-state index contributed by atoms with van der Waals surface area (Å²) >= 11 is 0. The Kier molecular flexibility index (Phi) is 5.14. The lowest BCUT2D eigenvalue weighted by Crippen LogP contribution is -2.59. The molecule has 0 bridgehead atoms. The van der Waals surface area contributed by atoms with E-state index in [0.29, 0.717) is 0 Å². The van der Waals surface area contributed by atoms with Crippen molar-refractivity contribution < 1.29 is 4.74 Å². The molecule has 0 radical (unpaired) electrons. The molecular formula is C21H33N3O. The van der Waals surface area contributed by atoms with E-state index in [1.165, 1.54) is 45.6 Å². The number of hydrogen-bond donors (Lipinski definition) is 0. The summed E-state index contributed by atoms with van der Waals surface area (Å²) in [5.41, 5.74) is 3.39. The van der Waals surface area contributed by atoms with Gasteiger partial charge in [0.15, 0.2) is 0 Å². The number of nitrogens with zero attached hydrogens (tertiary/aromatic N) is 3. The van der Waals surface area contributed by atoms with Gasteiger partial charge in [-0.25, -0.2) is 0 Å². The molecule has 4 nitrogen and oxygen atoms in total. The smallest absolute Gasteiger partial charge is 0.0594 e. The first-order valence-corrected chi connectivity index (χ1v) is 9.98. The summed E-state index contributed by atoms with van der Waals surface area (Å²) in [5, 5.41) is 0. The van der Waals surface area contributed by atoms with E-state index in [4.69, 9.17) is 4.74 Å². The number of morpholine rings is 1. The Balaban J connectivity index is 1.27. The lowest BCUT2D eigenvalue weighted by molar-refractivity contribution is -0.0277. The molecule has 138 valence electrons. The second-order valence-corrected chi connectivity index (χ2v) is 8.55. The highest BCUT2D eigenvalue weighted by Crippen LogP contribution is 2.26. The Morgan fingerprint density at radius 2 is 1.52 bits per heavy atom. The van der Waals surface area contributed by atoms with Crippen molar-refractivity contribution >= 4 is 0 Å². The van der Waals surface area contributed by atoms with Crippen LogP contribution in [0.2, 0.25) is 0 Å². The SMILES string of the molecule is CC(C)(CN1CCN(C2Cc3ccccc3C2)CC1)N1CCOCC1. The van der Waals surface area contributed by atoms with Crippen LogP contribution < -0.4 is 0 Å². The van der Waals surface area contributed by atoms with E-state index in [-0.39, 0.29) is 5.54 Å². The zero-order valence-electron chi connectivity index (χ0n) is 15.9. The maximum Gasteiger partial charge on any atom is 0.0594 e. The maximum absolute atomic E-state index is 5.52. The van der Waals surface area contributed by atoms with E-state index in [9.17, 15) is 0 Å². The van der Waals surface area contributed by atoms with Gasteiger partial charge in [-0.1, -0.05) is 24.3 Å². The molecule has 0 N–H and O–H groups in total. The van der Waals surface area contributed by atoms with E-state index < -0.39 is 0 Å². The van der Waals surface area contributed by atoms with Crippen molar-refractivity contribution in [3.8, 4) is 0 Å². The molecule has 1 aliphatic carbocycles. The summed E-state index contributed by atoms with van der Waals surface area (Å²) in [6, 6.07) is 9.74. The van der Waals surface area contributed by atoms with Crippen molar-refractivity contribution in [2.75, 3.05) is 59.0 Å². The average molecular weight is 344 g/mol. The summed E-state index contributed by atoms with van der Waals surface area (Å²) < 4.78 is 5.52. The third kappa shape index (κ3) is 3.92. The Morgan fingerprint density at radius 3 is 2.12 bits per heavy atom. The van der Waals surface area contributed by atoms with Gasteiger partial charge in [0.2, 0.25) is 0 Å². The summed E-state index contributed by atoms with van der Waals surface area (Å²) in [6.45, 7) is 14.8. The molecule has 2 heterocycles. The van der Waals surface area contributed by atoms with E-state index in [0.717, 1.165) is 32.3 Å². The van der Waals surface area contributed by atoms with E-state index in [1.54, 1.807) is 11.1 Å². The van der Waals surface area contributed by atoms with Crippen molar-refractivity contribution in [3.63, 3.8) is 0 Å². The van der Waals surface area contributed by atoms with E-state index in [2.05, 4.69) is 52.8 Å². The summed E-state index contributed by atoms with van der Waals surface area (Å²) in [4.78, 5) is 8.02. The topological polar surface area (TPSA) is 19.0 Å². The molecule has 25 heavy (non-hydrogen) atoms. The van der Waals surface area contributed by atoms with Gasteiger partial charge in [-0.15, -0.1) is 0 Å². The minimum atomic E-state index is 0.246. The predicted octanol–water partition coefficient (Wildman–Crippen LogP) is 1.88. The van der Waals surface area contributed by atoms with E-state index in [1.807, 2.05) is 0 Å². The van der Waals surface area contributed by atoms with Crippen LogP contribution in [0.25, 0.3) is 0 Å². The normalized spacial score (nSPS) is 24.6. The molecule has 4 rings (SSSR count). The van der Waals surface area contributed by atoms with Crippen LogP contribution in [0.15, 0.2) is 24.3 Å². The number of fused-ring (bicyclic) bond motifs is 1. The van der Waals surface area contributed by atoms with Crippen LogP contribution in [0.4, 0.5) is 0 Å². The summed E-state index contributed by atoms with van der Waals surface area (Å²) in [7, 11) is 0. The van der Waals surface area contributed by atoms with Crippen LogP contribution in [0, 0.1) is 0 Å². The molecular weight excluding hydrogens is 310 g/mol. The van der Waals surface area contributed by atoms with Crippen LogP contribution in [0.1, 0.15) is 25.0 Å². The average Bonchev–Trinajstić information content (AvgIpc) is 3.07. The summed E-state index contributed by atoms with van der Waals surface area (Å²) in [5.74, 6) is 0. The number of piperazine rings is 1. The second kappa shape index (κ2) is 7.36. The van der Waals surface area contributed by atoms with Crippen LogP contribution in [0.3, 0.4) is 0 Å². The molecule has 0 spiro atoms. The lowest BCUT2D eigenvalue weighted by atomic mass is 10.0. The van der Waals surface area contributed by atoms with Gasteiger partial charge in [0.25, 0.3) is 0 Å². The van der Waals surface area contributed by atoms with Crippen LogP contribution in [-0.2, 0) is 17.6 Å². The predicted molar refractivity (Wildman–Crippen MR) is 102 cm³/mol. The Labute approximate surface area is 152 Å². The highest BCUT2D eigenvalue weighted by Gasteiger charge is 2.33. The summed E-state index contributed by atoms with van der Waals surface area (Å²) in [6.07, 6.45) is 2.49. The van der Waals surface area contributed by atoms with Crippen LogP contribution in [-0.4, -0.2) is 85.3 Å². The number of rotatable bonds is 4. The third-order valence-corrected chi connectivity index (χ3v) is 6.43. The van der Waals surface area contributed by atoms with Crippen molar-refractivity contribution in [2.45, 2.75) is 38.3 Å². The standard InChI is InChI=1S/C21H33N3O/c1-21(2,24-11-13-25-14-12-24)17-22-7-9-23(10-8-22)20-15-18-5-3-4-6-19(18)16-20/h3-6,20H,7-17H2,1-2H3. The van der Waals surface area contributed by atoms with Crippen molar-refractivity contribution in [1.82, 2.24) is 14.7 Å². The Hall–Kier alpha value is -0.940. The minimum Gasteiger partial charge on any atom is -0.379 e. The Bertz CT molecular complexity index is 549. The molecule has 2 saturated heterocycles. The molecule has 1 aromatic carbocycles. The van der Waals surface area contributed by atoms with Gasteiger partial charge >= 0.3 is 0 Å². The third-order valence-electron chi connectivity index (χ3n) is 6.43. The quantitative estimate of drug-likeness (QED) is 0.831. The van der Waals surface area contributed by atoms with Gasteiger partial charge in [-0.05, 0) is 37.8 Å². The van der Waals surface area contributed by atoms with Crippen molar-refractivity contribution in [1.29, 1.82) is 0 Å². The lowest BCUT2D eigenvalue weighted by Gasteiger charge is -2.46. The van der Waals surface area contributed by atoms with E-state index >= 15 is 0 Å². The molecule has 3 aliphatic rings. The van der Waals surface area contributed by atoms with Crippen LogP contribution >= 0.6 is 0 Å². The fourth-order valence-corrected chi connectivity index (χ4v) is 4.90. The number of ether oxygens (including phenoxy) is 1. The highest BCUT2D eigenvalue weighted by molar-refractivity contribution is 5.33. The molecule has 0 aromatic heterocycles. The molecule has 2 fully saturated rings. The minimum absolute atomic E-state index is 0.246. The second-order valence-electron chi connectivity index (χ2n) is 8.55. The van der Waals surface area contributed by atoms with Gasteiger partial charge in [-0.2, -0.15) is 0 Å². The fraction of sp³-hybridized carbons (Fsp3) is 0.714. The zero-order valence-corrected chi connectivity index (χ0v) is 15.9. The molecule has 4 heteroatoms. The molecule has 0 unspecified atom stereocenters. The number of hydrogen-bond acceptors (Lipinski definition) is 4. The molecule has 1 aromatic rings. The van der Waals surface area contributed by atoms with Crippen LogP contribution in [0.5, 0.6) is 0 Å². The number of benzene rings is 1. The first-order valence-electron chi connectivity index (χ1n) is 9.98.